The third kappa shape index (κ3) is 4.28. The number of fused-ring (bicyclic) bond motifs is 1. The fourth-order valence-corrected chi connectivity index (χ4v) is 5.01. The van der Waals surface area contributed by atoms with Crippen molar-refractivity contribution in [2.45, 2.75) is 19.9 Å². The van der Waals surface area contributed by atoms with Gasteiger partial charge in [0.15, 0.2) is 9.47 Å². The molecule has 1 aliphatic heterocycles. The first-order valence-electron chi connectivity index (χ1n) is 10.0. The van der Waals surface area contributed by atoms with Crippen LogP contribution in [0.5, 0.6) is 11.5 Å². The smallest absolute Gasteiger partial charge is 0.338 e. The van der Waals surface area contributed by atoms with Crippen LogP contribution in [0, 0.1) is 0 Å². The van der Waals surface area contributed by atoms with E-state index in [-0.39, 0.29) is 17.7 Å². The van der Waals surface area contributed by atoms with Crippen molar-refractivity contribution in [1.82, 2.24) is 4.57 Å². The summed E-state index contributed by atoms with van der Waals surface area (Å²) in [4.78, 5) is 31.6. The summed E-state index contributed by atoms with van der Waals surface area (Å²) in [5, 5.41) is 0. The number of thiazole rings is 1. The Morgan fingerprint density at radius 2 is 2.06 bits per heavy atom. The van der Waals surface area contributed by atoms with Crippen LogP contribution in [0.4, 0.5) is 0 Å². The summed E-state index contributed by atoms with van der Waals surface area (Å²) in [6.45, 7) is 3.66. The number of aromatic nitrogens is 1. The Labute approximate surface area is 201 Å². The Kier molecular flexibility index (Phi) is 6.57. The van der Waals surface area contributed by atoms with Gasteiger partial charge in [-0.1, -0.05) is 11.3 Å². The van der Waals surface area contributed by atoms with Crippen LogP contribution < -0.4 is 24.4 Å². The summed E-state index contributed by atoms with van der Waals surface area (Å²) in [6.07, 6.45) is 1.65. The second-order valence-corrected chi connectivity index (χ2v) is 8.84. The number of carbonyl (C=O) groups excluding carboxylic acids is 1. The average Bonchev–Trinajstić information content (AvgIpc) is 3.34. The van der Waals surface area contributed by atoms with E-state index in [9.17, 15) is 9.59 Å². The molecule has 1 unspecified atom stereocenters. The topological polar surface area (TPSA) is 92.3 Å². The number of halogens is 1. The second-order valence-electron chi connectivity index (χ2n) is 7.05. The quantitative estimate of drug-likeness (QED) is 0.452. The maximum atomic E-state index is 13.6. The normalized spacial score (nSPS) is 15.8. The number of ether oxygens (including phenoxy) is 3. The largest absolute Gasteiger partial charge is 0.497 e. The van der Waals surface area contributed by atoms with E-state index >= 15 is 0 Å². The summed E-state index contributed by atoms with van der Waals surface area (Å²) in [5.74, 6) is 1.04. The fourth-order valence-electron chi connectivity index (χ4n) is 3.67. The van der Waals surface area contributed by atoms with E-state index in [0.29, 0.717) is 42.5 Å². The summed E-state index contributed by atoms with van der Waals surface area (Å²) in [6, 6.07) is 7.96. The number of methoxy groups -OCH3 is 2. The zero-order valence-electron chi connectivity index (χ0n) is 18.4. The molecular formula is C23H21BrN2O6S. The van der Waals surface area contributed by atoms with Crippen molar-refractivity contribution in [2.75, 3.05) is 20.8 Å². The van der Waals surface area contributed by atoms with Gasteiger partial charge in [0, 0.05) is 17.7 Å². The summed E-state index contributed by atoms with van der Waals surface area (Å²) < 4.78 is 24.2. The predicted octanol–water partition coefficient (Wildman–Crippen LogP) is 3.17. The van der Waals surface area contributed by atoms with Gasteiger partial charge in [-0.15, -0.1) is 0 Å². The molecule has 10 heteroatoms. The van der Waals surface area contributed by atoms with E-state index in [1.165, 1.54) is 23.0 Å². The highest BCUT2D eigenvalue weighted by molar-refractivity contribution is 9.10. The number of esters is 1. The Hall–Kier alpha value is -3.11. The molecular weight excluding hydrogens is 512 g/mol. The second kappa shape index (κ2) is 9.40. The number of benzene rings is 1. The zero-order chi connectivity index (χ0) is 23.7. The molecule has 0 fully saturated rings. The minimum absolute atomic E-state index is 0.194. The zero-order valence-corrected chi connectivity index (χ0v) is 20.8. The van der Waals surface area contributed by atoms with Crippen molar-refractivity contribution < 1.29 is 23.4 Å². The van der Waals surface area contributed by atoms with E-state index in [1.807, 2.05) is 0 Å². The van der Waals surface area contributed by atoms with Gasteiger partial charge >= 0.3 is 5.97 Å². The third-order valence-electron chi connectivity index (χ3n) is 5.12. The van der Waals surface area contributed by atoms with Gasteiger partial charge in [0.05, 0.1) is 36.6 Å². The molecule has 0 aliphatic carbocycles. The molecule has 1 aromatic carbocycles. The van der Waals surface area contributed by atoms with Crippen molar-refractivity contribution in [2.24, 2.45) is 4.99 Å². The Morgan fingerprint density at radius 3 is 2.70 bits per heavy atom. The minimum Gasteiger partial charge on any atom is -0.497 e. The first kappa shape index (κ1) is 23.1. The maximum Gasteiger partial charge on any atom is 0.338 e. The molecule has 0 N–H and O–H groups in total. The molecule has 1 atom stereocenters. The number of rotatable bonds is 6. The lowest BCUT2D eigenvalue weighted by atomic mass is 9.95. The van der Waals surface area contributed by atoms with Crippen molar-refractivity contribution in [3.8, 4) is 11.5 Å². The number of furan rings is 1. The van der Waals surface area contributed by atoms with Crippen LogP contribution in [0.1, 0.15) is 31.2 Å². The lowest BCUT2D eigenvalue weighted by Crippen LogP contribution is -2.40. The molecule has 0 saturated carbocycles. The van der Waals surface area contributed by atoms with Gasteiger partial charge in [0.1, 0.15) is 23.3 Å². The molecule has 172 valence electrons. The van der Waals surface area contributed by atoms with Gasteiger partial charge in [-0.05, 0) is 54.0 Å². The summed E-state index contributed by atoms with van der Waals surface area (Å²) in [5.41, 5.74) is 1.07. The van der Waals surface area contributed by atoms with Gasteiger partial charge in [0.2, 0.25) is 0 Å². The minimum atomic E-state index is -0.786. The van der Waals surface area contributed by atoms with Crippen LogP contribution in [0.25, 0.3) is 6.08 Å². The van der Waals surface area contributed by atoms with Crippen LogP contribution in [-0.2, 0) is 9.53 Å². The average molecular weight is 533 g/mol. The fraction of sp³-hybridized carbons (Fsp3) is 0.261. The van der Waals surface area contributed by atoms with E-state index in [0.717, 1.165) is 0 Å². The lowest BCUT2D eigenvalue weighted by molar-refractivity contribution is -0.139. The molecule has 0 bridgehead atoms. The summed E-state index contributed by atoms with van der Waals surface area (Å²) >= 11 is 4.49. The molecule has 33 heavy (non-hydrogen) atoms. The van der Waals surface area contributed by atoms with Crippen LogP contribution in [0.3, 0.4) is 0 Å². The number of carbonyl (C=O) groups is 1. The highest BCUT2D eigenvalue weighted by atomic mass is 79.9. The molecule has 2 aromatic heterocycles. The van der Waals surface area contributed by atoms with Gasteiger partial charge in [-0.2, -0.15) is 0 Å². The van der Waals surface area contributed by atoms with Gasteiger partial charge in [-0.3, -0.25) is 9.36 Å². The molecule has 4 rings (SSSR count). The lowest BCUT2D eigenvalue weighted by Gasteiger charge is -2.26. The van der Waals surface area contributed by atoms with Crippen molar-refractivity contribution in [3.63, 3.8) is 0 Å². The van der Waals surface area contributed by atoms with Crippen LogP contribution in [0.2, 0.25) is 0 Å². The predicted molar refractivity (Wildman–Crippen MR) is 126 cm³/mol. The molecule has 3 aromatic rings. The highest BCUT2D eigenvalue weighted by Crippen LogP contribution is 2.37. The first-order chi connectivity index (χ1) is 15.9. The standard InChI is InChI=1S/C23H21BrN2O6S/c1-5-31-22(28)19-12(2)25-23-26(20(19)15-8-6-13(29-3)10-16(15)30-4)21(27)17(33-23)11-14-7-9-18(24)32-14/h6-11,20H,5H2,1-4H3. The maximum absolute atomic E-state index is 13.6. The molecule has 1 aliphatic rings. The molecule has 8 nitrogen and oxygen atoms in total. The van der Waals surface area contributed by atoms with Crippen molar-refractivity contribution in [3.05, 3.63) is 77.3 Å². The van der Waals surface area contributed by atoms with Gasteiger partial charge < -0.3 is 18.6 Å². The van der Waals surface area contributed by atoms with Crippen LogP contribution in [-0.4, -0.2) is 31.4 Å². The third-order valence-corrected chi connectivity index (χ3v) is 6.53. The van der Waals surface area contributed by atoms with Crippen LogP contribution in [0.15, 0.2) is 60.5 Å². The van der Waals surface area contributed by atoms with Crippen molar-refractivity contribution >= 4 is 39.3 Å². The van der Waals surface area contributed by atoms with E-state index < -0.39 is 12.0 Å². The number of nitrogens with zero attached hydrogens (tertiary/aromatic N) is 2. The van der Waals surface area contributed by atoms with Gasteiger partial charge in [0.25, 0.3) is 5.56 Å². The highest BCUT2D eigenvalue weighted by Gasteiger charge is 2.35. The molecule has 0 saturated heterocycles. The Bertz CT molecular complexity index is 1430. The monoisotopic (exact) mass is 532 g/mol. The molecule has 0 amide bonds. The number of hydrogen-bond acceptors (Lipinski definition) is 8. The SMILES string of the molecule is CCOC(=O)C1=C(C)N=c2sc(=Cc3ccc(Br)o3)c(=O)n2C1c1ccc(OC)cc1OC. The number of hydrogen-bond donors (Lipinski definition) is 0. The molecule has 0 radical (unpaired) electrons. The van der Waals surface area contributed by atoms with E-state index in [2.05, 4.69) is 20.9 Å². The summed E-state index contributed by atoms with van der Waals surface area (Å²) in [7, 11) is 3.08. The van der Waals surface area contributed by atoms with E-state index in [1.54, 1.807) is 57.4 Å². The Balaban J connectivity index is 2.00. The molecule has 0 spiro atoms. The van der Waals surface area contributed by atoms with Crippen molar-refractivity contribution in [1.29, 1.82) is 0 Å². The number of allylic oxidation sites excluding steroid dienone is 1. The molecule has 3 heterocycles. The first-order valence-corrected chi connectivity index (χ1v) is 11.7. The van der Waals surface area contributed by atoms with Crippen LogP contribution >= 0.6 is 27.3 Å². The Morgan fingerprint density at radius 1 is 1.27 bits per heavy atom. The van der Waals surface area contributed by atoms with Gasteiger partial charge in [-0.25, -0.2) is 9.79 Å². The van der Waals surface area contributed by atoms with E-state index in [4.69, 9.17) is 18.6 Å².